The van der Waals surface area contributed by atoms with Gasteiger partial charge in [0, 0.05) is 44.2 Å². The van der Waals surface area contributed by atoms with Gasteiger partial charge in [0.05, 0.1) is 25.6 Å². The highest BCUT2D eigenvalue weighted by molar-refractivity contribution is 5.91. The smallest absolute Gasteiger partial charge is 0.408 e. The Morgan fingerprint density at radius 2 is 1.62 bits per heavy atom. The molecule has 0 spiro atoms. The van der Waals surface area contributed by atoms with Crippen molar-refractivity contribution >= 4 is 23.8 Å². The van der Waals surface area contributed by atoms with Gasteiger partial charge in [-0.05, 0) is 68.6 Å². The number of aromatic amines is 1. The minimum Gasteiger partial charge on any atom is -0.497 e. The minimum absolute atomic E-state index is 0.0439. The molecule has 3 rings (SSSR count). The molecule has 1 aromatic carbocycles. The quantitative estimate of drug-likeness (QED) is 0.131. The summed E-state index contributed by atoms with van der Waals surface area (Å²) in [6.45, 7) is 15.8. The van der Waals surface area contributed by atoms with E-state index in [-0.39, 0.29) is 36.5 Å². The third-order valence-corrected chi connectivity index (χ3v) is 10.2. The highest BCUT2D eigenvalue weighted by Gasteiger charge is 2.37. The van der Waals surface area contributed by atoms with Crippen LogP contribution in [0.5, 0.6) is 5.75 Å². The van der Waals surface area contributed by atoms with E-state index in [2.05, 4.69) is 46.7 Å². The van der Waals surface area contributed by atoms with Gasteiger partial charge in [0.2, 0.25) is 17.7 Å². The van der Waals surface area contributed by atoms with Crippen LogP contribution in [0.25, 0.3) is 0 Å². The SMILES string of the molecule is COc1ccc(C[C@H](NC(=O)OC(C)(C)C)C(=O)N(C)[C@@H](Cc2cnc[nH]2)C(=O)N[C@@H](CC2CCCCC2)[C@@H](O)C[C@H](C(=O)NCC(C)(C)C)C(C)C)cc1. The molecular formula is C42H68N6O7. The summed E-state index contributed by atoms with van der Waals surface area (Å²) in [7, 11) is 3.11. The molecular weight excluding hydrogens is 700 g/mol. The van der Waals surface area contributed by atoms with Crippen LogP contribution in [0.3, 0.4) is 0 Å². The summed E-state index contributed by atoms with van der Waals surface area (Å²) in [6, 6.07) is 4.41. The summed E-state index contributed by atoms with van der Waals surface area (Å²) >= 11 is 0. The van der Waals surface area contributed by atoms with Crippen molar-refractivity contribution in [3.8, 4) is 5.75 Å². The number of alkyl carbamates (subject to hydrolysis) is 1. The number of benzene rings is 1. The third kappa shape index (κ3) is 15.5. The lowest BCUT2D eigenvalue weighted by atomic mass is 9.81. The van der Waals surface area contributed by atoms with Crippen LogP contribution in [0, 0.1) is 23.2 Å². The normalized spacial score (nSPS) is 16.7. The standard InChI is InChI=1S/C42H68N6O7/c1-27(2)32(37(50)44-25-41(3,4)5)23-36(49)33(20-28-14-12-11-13-15-28)46-38(51)35(22-30-24-43-26-45-30)48(9)39(52)34(47-40(53)55-42(6,7)8)21-29-16-18-31(54-10)19-17-29/h16-19,24,26-28,32-36,49H,11-15,20-23,25H2,1-10H3,(H,43,45)(H,44,50)(H,46,51)(H,47,53)/t32-,33-,34-,35-,36-/m0/s1. The van der Waals surface area contributed by atoms with Crippen molar-refractivity contribution in [1.29, 1.82) is 0 Å². The second kappa shape index (κ2) is 20.7. The number of aliphatic hydroxyl groups excluding tert-OH is 1. The summed E-state index contributed by atoms with van der Waals surface area (Å²) in [6.07, 6.45) is 7.63. The van der Waals surface area contributed by atoms with Crippen molar-refractivity contribution in [3.05, 3.63) is 48.0 Å². The van der Waals surface area contributed by atoms with Crippen molar-refractivity contribution in [1.82, 2.24) is 30.8 Å². The average molecular weight is 769 g/mol. The lowest BCUT2D eigenvalue weighted by Crippen LogP contribution is -2.58. The second-order valence-corrected chi connectivity index (χ2v) is 17.8. The molecule has 55 heavy (non-hydrogen) atoms. The first-order chi connectivity index (χ1) is 25.8. The first-order valence-electron chi connectivity index (χ1n) is 19.9. The predicted octanol–water partition coefficient (Wildman–Crippen LogP) is 5.56. The number of carbonyl (C=O) groups is 4. The van der Waals surface area contributed by atoms with Crippen LogP contribution in [0.2, 0.25) is 0 Å². The number of imidazole rings is 1. The Kier molecular flexibility index (Phi) is 17.0. The molecule has 1 aliphatic carbocycles. The number of hydrogen-bond acceptors (Lipinski definition) is 8. The molecule has 5 atom stereocenters. The molecule has 13 nitrogen and oxygen atoms in total. The fourth-order valence-electron chi connectivity index (χ4n) is 7.02. The lowest BCUT2D eigenvalue weighted by molar-refractivity contribution is -0.141. The maximum Gasteiger partial charge on any atom is 0.408 e. The van der Waals surface area contributed by atoms with Crippen molar-refractivity contribution in [2.75, 3.05) is 20.7 Å². The number of aromatic nitrogens is 2. The van der Waals surface area contributed by atoms with Gasteiger partial charge < -0.3 is 40.4 Å². The first kappa shape index (κ1) is 45.3. The van der Waals surface area contributed by atoms with E-state index in [9.17, 15) is 24.3 Å². The number of methoxy groups -OCH3 is 1. The van der Waals surface area contributed by atoms with Crippen LogP contribution < -0.4 is 20.7 Å². The zero-order chi connectivity index (χ0) is 40.9. The first-order valence-corrected chi connectivity index (χ1v) is 19.9. The largest absolute Gasteiger partial charge is 0.497 e. The highest BCUT2D eigenvalue weighted by atomic mass is 16.6. The van der Waals surface area contributed by atoms with E-state index < -0.39 is 53.7 Å². The van der Waals surface area contributed by atoms with Gasteiger partial charge in [0.25, 0.3) is 0 Å². The van der Waals surface area contributed by atoms with E-state index in [1.54, 1.807) is 53.3 Å². The molecule has 0 unspecified atom stereocenters. The number of ether oxygens (including phenoxy) is 2. The number of rotatable bonds is 18. The maximum atomic E-state index is 14.5. The zero-order valence-corrected chi connectivity index (χ0v) is 34.9. The molecule has 0 radical (unpaired) electrons. The number of hydrogen-bond donors (Lipinski definition) is 5. The Morgan fingerprint density at radius 1 is 0.964 bits per heavy atom. The molecule has 1 saturated carbocycles. The van der Waals surface area contributed by atoms with Crippen LogP contribution in [0.15, 0.2) is 36.8 Å². The topological polar surface area (TPSA) is 175 Å². The monoisotopic (exact) mass is 769 g/mol. The molecule has 1 aliphatic rings. The number of nitrogens with zero attached hydrogens (tertiary/aromatic N) is 2. The Balaban J connectivity index is 1.93. The Labute approximate surface area is 328 Å². The summed E-state index contributed by atoms with van der Waals surface area (Å²) < 4.78 is 10.8. The summed E-state index contributed by atoms with van der Waals surface area (Å²) in [4.78, 5) is 64.0. The molecule has 5 N–H and O–H groups in total. The van der Waals surface area contributed by atoms with Crippen LogP contribution >= 0.6 is 0 Å². The van der Waals surface area contributed by atoms with Gasteiger partial charge in [0.1, 0.15) is 23.4 Å². The van der Waals surface area contributed by atoms with Gasteiger partial charge in [-0.15, -0.1) is 0 Å². The van der Waals surface area contributed by atoms with Gasteiger partial charge in [-0.3, -0.25) is 14.4 Å². The number of nitrogens with one attached hydrogen (secondary N) is 4. The van der Waals surface area contributed by atoms with E-state index in [0.29, 0.717) is 30.3 Å². The molecule has 13 heteroatoms. The number of H-pyrrole nitrogens is 1. The summed E-state index contributed by atoms with van der Waals surface area (Å²) in [5.74, 6) is -0.628. The molecule has 1 heterocycles. The van der Waals surface area contributed by atoms with Crippen molar-refractivity contribution in [3.63, 3.8) is 0 Å². The highest BCUT2D eigenvalue weighted by Crippen LogP contribution is 2.30. The summed E-state index contributed by atoms with van der Waals surface area (Å²) in [5, 5.41) is 20.9. The third-order valence-electron chi connectivity index (χ3n) is 10.2. The Morgan fingerprint density at radius 3 is 2.16 bits per heavy atom. The minimum atomic E-state index is -1.08. The Hall–Kier alpha value is -4.13. The van der Waals surface area contributed by atoms with Crippen molar-refractivity contribution in [2.45, 2.75) is 143 Å². The van der Waals surface area contributed by atoms with Crippen LogP contribution in [-0.2, 0) is 32.0 Å². The molecule has 0 bridgehead atoms. The van der Waals surface area contributed by atoms with Crippen LogP contribution in [0.4, 0.5) is 4.79 Å². The van der Waals surface area contributed by atoms with E-state index in [0.717, 1.165) is 37.7 Å². The predicted molar refractivity (Wildman–Crippen MR) is 213 cm³/mol. The number of carbonyl (C=O) groups excluding carboxylic acids is 4. The van der Waals surface area contributed by atoms with E-state index in [1.807, 2.05) is 26.0 Å². The fourth-order valence-corrected chi connectivity index (χ4v) is 7.02. The number of amides is 4. The Bertz CT molecular complexity index is 1490. The fraction of sp³-hybridized carbons (Fsp3) is 0.690. The van der Waals surface area contributed by atoms with Crippen molar-refractivity contribution < 1.29 is 33.8 Å². The molecule has 0 aliphatic heterocycles. The number of aliphatic hydroxyl groups is 1. The average Bonchev–Trinajstić information content (AvgIpc) is 3.63. The molecule has 1 fully saturated rings. The van der Waals surface area contributed by atoms with E-state index in [4.69, 9.17) is 9.47 Å². The van der Waals surface area contributed by atoms with Gasteiger partial charge in [0.15, 0.2) is 0 Å². The van der Waals surface area contributed by atoms with Gasteiger partial charge in [-0.25, -0.2) is 9.78 Å². The zero-order valence-electron chi connectivity index (χ0n) is 34.9. The summed E-state index contributed by atoms with van der Waals surface area (Å²) in [5.41, 5.74) is 0.491. The lowest BCUT2D eigenvalue weighted by Gasteiger charge is -2.35. The molecule has 4 amide bonds. The molecule has 308 valence electrons. The molecule has 2 aromatic rings. The van der Waals surface area contributed by atoms with E-state index >= 15 is 0 Å². The van der Waals surface area contributed by atoms with E-state index in [1.165, 1.54) is 11.2 Å². The van der Waals surface area contributed by atoms with Crippen molar-refractivity contribution in [2.24, 2.45) is 23.2 Å². The molecule has 1 aromatic heterocycles. The van der Waals surface area contributed by atoms with Gasteiger partial charge in [-0.2, -0.15) is 0 Å². The maximum absolute atomic E-state index is 14.5. The van der Waals surface area contributed by atoms with Crippen LogP contribution in [-0.4, -0.2) is 94.3 Å². The van der Waals surface area contributed by atoms with Gasteiger partial charge in [-0.1, -0.05) is 78.9 Å². The number of likely N-dealkylation sites (N-methyl/N-ethyl adjacent to an activating group) is 1. The van der Waals surface area contributed by atoms with Crippen LogP contribution in [0.1, 0.15) is 112 Å². The second-order valence-electron chi connectivity index (χ2n) is 17.8. The molecule has 0 saturated heterocycles. The van der Waals surface area contributed by atoms with Gasteiger partial charge >= 0.3 is 6.09 Å².